The van der Waals surface area contributed by atoms with Crippen LogP contribution in [0.2, 0.25) is 0 Å². The number of rotatable bonds is 1. The highest BCUT2D eigenvalue weighted by Gasteiger charge is 2.01. The van der Waals surface area contributed by atoms with Crippen LogP contribution in [0, 0.1) is 0 Å². The van der Waals surface area contributed by atoms with Crippen LogP contribution in [-0.2, 0) is 0 Å². The van der Waals surface area contributed by atoms with E-state index in [-0.39, 0.29) is 0 Å². The molecule has 0 radical (unpaired) electrons. The monoisotopic (exact) mass is 149 g/mol. The van der Waals surface area contributed by atoms with Gasteiger partial charge in [-0.15, -0.1) is 0 Å². The van der Waals surface area contributed by atoms with E-state index in [0.717, 1.165) is 11.3 Å². The summed E-state index contributed by atoms with van der Waals surface area (Å²) in [7, 11) is 0. The van der Waals surface area contributed by atoms with Gasteiger partial charge in [0.2, 0.25) is 0 Å². The Bertz CT molecular complexity index is 333. The van der Waals surface area contributed by atoms with Crippen LogP contribution in [0.25, 0.3) is 11.3 Å². The summed E-state index contributed by atoms with van der Waals surface area (Å²) < 4.78 is 0. The number of aromatic amines is 2. The third kappa shape index (κ3) is 0.958. The zero-order valence-corrected chi connectivity index (χ0v) is 5.70. The second kappa shape index (κ2) is 2.12. The van der Waals surface area contributed by atoms with Crippen molar-refractivity contribution in [2.75, 3.05) is 5.73 Å². The summed E-state index contributed by atoms with van der Waals surface area (Å²) in [5.41, 5.74) is 7.17. The average molecular weight is 149 g/mol. The number of nitrogens with two attached hydrogens (primary N) is 1. The molecule has 2 aromatic rings. The summed E-state index contributed by atoms with van der Waals surface area (Å²) in [5.74, 6) is 0.557. The molecule has 5 heteroatoms. The van der Waals surface area contributed by atoms with E-state index in [1.165, 1.54) is 0 Å². The SMILES string of the molecule is Nc1cc(-c2cn[nH]c2)n[nH]1. The Hall–Kier alpha value is -1.78. The normalized spacial score (nSPS) is 10.2. The van der Waals surface area contributed by atoms with Gasteiger partial charge >= 0.3 is 0 Å². The molecule has 0 aromatic carbocycles. The van der Waals surface area contributed by atoms with E-state index in [1.54, 1.807) is 18.5 Å². The second-order valence-corrected chi connectivity index (χ2v) is 2.20. The number of nitrogens with one attached hydrogen (secondary N) is 2. The summed E-state index contributed by atoms with van der Waals surface area (Å²) in [4.78, 5) is 0. The molecular weight excluding hydrogens is 142 g/mol. The first-order valence-electron chi connectivity index (χ1n) is 3.16. The molecule has 0 aliphatic carbocycles. The van der Waals surface area contributed by atoms with Crippen molar-refractivity contribution in [3.05, 3.63) is 18.5 Å². The molecule has 0 unspecified atom stereocenters. The van der Waals surface area contributed by atoms with Crippen molar-refractivity contribution >= 4 is 5.82 Å². The molecule has 2 aromatic heterocycles. The minimum Gasteiger partial charge on any atom is -0.384 e. The fraction of sp³-hybridized carbons (Fsp3) is 0. The van der Waals surface area contributed by atoms with Gasteiger partial charge in [-0.1, -0.05) is 0 Å². The van der Waals surface area contributed by atoms with Crippen molar-refractivity contribution in [2.45, 2.75) is 0 Å². The number of hydrogen-bond acceptors (Lipinski definition) is 3. The Balaban J connectivity index is 2.45. The average Bonchev–Trinajstić information content (AvgIpc) is 2.55. The number of nitrogen functional groups attached to an aromatic ring is 1. The quantitative estimate of drug-likeness (QED) is 0.548. The molecule has 0 saturated carbocycles. The molecule has 0 spiro atoms. The predicted molar refractivity (Wildman–Crippen MR) is 40.6 cm³/mol. The maximum absolute atomic E-state index is 5.44. The highest BCUT2D eigenvalue weighted by Crippen LogP contribution is 2.15. The molecule has 0 fully saturated rings. The smallest absolute Gasteiger partial charge is 0.119 e. The van der Waals surface area contributed by atoms with E-state index >= 15 is 0 Å². The lowest BCUT2D eigenvalue weighted by Crippen LogP contribution is -1.81. The molecular formula is C6H7N5. The van der Waals surface area contributed by atoms with E-state index in [9.17, 15) is 0 Å². The Labute approximate surface area is 62.6 Å². The standard InChI is InChI=1S/C6H7N5/c7-6-1-5(10-11-6)4-2-8-9-3-4/h1-3H,(H,8,9)(H3,7,10,11). The van der Waals surface area contributed by atoms with Gasteiger partial charge in [-0.25, -0.2) is 0 Å². The molecule has 0 atom stereocenters. The van der Waals surface area contributed by atoms with Gasteiger partial charge in [-0.2, -0.15) is 10.2 Å². The Kier molecular flexibility index (Phi) is 1.15. The van der Waals surface area contributed by atoms with Crippen molar-refractivity contribution in [3.8, 4) is 11.3 Å². The lowest BCUT2D eigenvalue weighted by molar-refractivity contribution is 1.09. The minimum atomic E-state index is 0.557. The fourth-order valence-electron chi connectivity index (χ4n) is 0.875. The summed E-state index contributed by atoms with van der Waals surface area (Å²) in [6.45, 7) is 0. The van der Waals surface area contributed by atoms with E-state index in [0.29, 0.717) is 5.82 Å². The Morgan fingerprint density at radius 1 is 1.45 bits per heavy atom. The maximum Gasteiger partial charge on any atom is 0.119 e. The van der Waals surface area contributed by atoms with Gasteiger partial charge in [0.15, 0.2) is 0 Å². The molecule has 56 valence electrons. The summed E-state index contributed by atoms with van der Waals surface area (Å²) >= 11 is 0. The van der Waals surface area contributed by atoms with Crippen LogP contribution in [0.5, 0.6) is 0 Å². The van der Waals surface area contributed by atoms with E-state index < -0.39 is 0 Å². The maximum atomic E-state index is 5.44. The lowest BCUT2D eigenvalue weighted by Gasteiger charge is -1.82. The first kappa shape index (κ1) is 5.96. The number of nitrogens with zero attached hydrogens (tertiary/aromatic N) is 2. The first-order valence-corrected chi connectivity index (χ1v) is 3.16. The molecule has 0 bridgehead atoms. The van der Waals surface area contributed by atoms with Crippen LogP contribution >= 0.6 is 0 Å². The zero-order chi connectivity index (χ0) is 7.68. The number of anilines is 1. The topological polar surface area (TPSA) is 83.4 Å². The molecule has 0 saturated heterocycles. The van der Waals surface area contributed by atoms with Crippen LogP contribution in [-0.4, -0.2) is 20.4 Å². The lowest BCUT2D eigenvalue weighted by atomic mass is 10.3. The molecule has 0 amide bonds. The van der Waals surface area contributed by atoms with Gasteiger partial charge in [0.05, 0.1) is 11.9 Å². The van der Waals surface area contributed by atoms with E-state index in [2.05, 4.69) is 20.4 Å². The van der Waals surface area contributed by atoms with Crippen LogP contribution in [0.1, 0.15) is 0 Å². The van der Waals surface area contributed by atoms with Crippen molar-refractivity contribution in [1.29, 1.82) is 0 Å². The largest absolute Gasteiger partial charge is 0.384 e. The van der Waals surface area contributed by atoms with E-state index in [4.69, 9.17) is 5.73 Å². The second-order valence-electron chi connectivity index (χ2n) is 2.20. The van der Waals surface area contributed by atoms with Gasteiger partial charge in [0, 0.05) is 17.8 Å². The van der Waals surface area contributed by atoms with E-state index in [1.807, 2.05) is 0 Å². The fourth-order valence-corrected chi connectivity index (χ4v) is 0.875. The number of aromatic nitrogens is 4. The van der Waals surface area contributed by atoms with Gasteiger partial charge in [-0.3, -0.25) is 10.2 Å². The van der Waals surface area contributed by atoms with Gasteiger partial charge < -0.3 is 5.73 Å². The Morgan fingerprint density at radius 2 is 2.36 bits per heavy atom. The summed E-state index contributed by atoms with van der Waals surface area (Å²) in [6, 6.07) is 1.75. The zero-order valence-electron chi connectivity index (χ0n) is 5.70. The van der Waals surface area contributed by atoms with Gasteiger partial charge in [0.1, 0.15) is 5.82 Å². The number of H-pyrrole nitrogens is 2. The highest BCUT2D eigenvalue weighted by molar-refractivity contribution is 5.59. The summed E-state index contributed by atoms with van der Waals surface area (Å²) in [6.07, 6.45) is 3.45. The minimum absolute atomic E-state index is 0.557. The van der Waals surface area contributed by atoms with Crippen LogP contribution in [0.15, 0.2) is 18.5 Å². The Morgan fingerprint density at radius 3 is 2.91 bits per heavy atom. The molecule has 2 heterocycles. The molecule has 4 N–H and O–H groups in total. The van der Waals surface area contributed by atoms with Crippen LogP contribution in [0.4, 0.5) is 5.82 Å². The van der Waals surface area contributed by atoms with Crippen LogP contribution in [0.3, 0.4) is 0 Å². The summed E-state index contributed by atoms with van der Waals surface area (Å²) in [5, 5.41) is 13.1. The first-order chi connectivity index (χ1) is 5.36. The number of hydrogen-bond donors (Lipinski definition) is 3. The molecule has 0 aliphatic rings. The molecule has 5 nitrogen and oxygen atoms in total. The molecule has 2 rings (SSSR count). The van der Waals surface area contributed by atoms with Gasteiger partial charge in [-0.05, 0) is 0 Å². The van der Waals surface area contributed by atoms with Crippen molar-refractivity contribution < 1.29 is 0 Å². The van der Waals surface area contributed by atoms with Crippen molar-refractivity contribution in [2.24, 2.45) is 0 Å². The molecule has 11 heavy (non-hydrogen) atoms. The van der Waals surface area contributed by atoms with Gasteiger partial charge in [0.25, 0.3) is 0 Å². The van der Waals surface area contributed by atoms with Crippen molar-refractivity contribution in [1.82, 2.24) is 20.4 Å². The van der Waals surface area contributed by atoms with Crippen LogP contribution < -0.4 is 5.73 Å². The third-order valence-corrected chi connectivity index (χ3v) is 1.39. The third-order valence-electron chi connectivity index (χ3n) is 1.39. The highest BCUT2D eigenvalue weighted by atomic mass is 15.2. The predicted octanol–water partition coefficient (Wildman–Crippen LogP) is 0.382. The molecule has 0 aliphatic heterocycles. The van der Waals surface area contributed by atoms with Crippen molar-refractivity contribution in [3.63, 3.8) is 0 Å².